The number of benzene rings is 1. The van der Waals surface area contributed by atoms with E-state index in [9.17, 15) is 4.79 Å². The minimum atomic E-state index is -0.431. The van der Waals surface area contributed by atoms with Crippen molar-refractivity contribution >= 4 is 28.2 Å². The number of aromatic nitrogens is 2. The minimum absolute atomic E-state index is 0.314. The molecule has 6 heteroatoms. The Hall–Kier alpha value is -3.12. The van der Waals surface area contributed by atoms with E-state index in [4.69, 9.17) is 9.47 Å². The molecule has 0 atom stereocenters. The van der Waals surface area contributed by atoms with Crippen LogP contribution in [0.2, 0.25) is 0 Å². The molecule has 1 N–H and O–H groups in total. The number of aryl methyl sites for hydroxylation is 1. The number of methoxy groups -OCH3 is 2. The van der Waals surface area contributed by atoms with E-state index in [1.54, 1.807) is 24.5 Å². The van der Waals surface area contributed by atoms with Crippen LogP contribution in [0, 0.1) is 6.92 Å². The van der Waals surface area contributed by atoms with Crippen molar-refractivity contribution in [3.63, 3.8) is 0 Å². The number of hydrogen-bond donors (Lipinski definition) is 1. The van der Waals surface area contributed by atoms with Gasteiger partial charge in [-0.2, -0.15) is 0 Å². The van der Waals surface area contributed by atoms with Crippen molar-refractivity contribution in [2.24, 2.45) is 0 Å². The summed E-state index contributed by atoms with van der Waals surface area (Å²) in [6.07, 6.45) is 0.599. The van der Waals surface area contributed by atoms with Gasteiger partial charge in [0.2, 0.25) is 0 Å². The van der Waals surface area contributed by atoms with E-state index in [0.29, 0.717) is 12.1 Å². The predicted octanol–water partition coefficient (Wildman–Crippen LogP) is 4.99. The molecule has 0 saturated carbocycles. The maximum Gasteiger partial charge on any atom is 0.356 e. The van der Waals surface area contributed by atoms with Crippen molar-refractivity contribution in [1.29, 1.82) is 0 Å². The Morgan fingerprint density at radius 1 is 1.18 bits per heavy atom. The molecule has 4 rings (SSSR count). The van der Waals surface area contributed by atoms with E-state index >= 15 is 0 Å². The predicted molar refractivity (Wildman–Crippen MR) is 111 cm³/mol. The summed E-state index contributed by atoms with van der Waals surface area (Å²) in [5.41, 5.74) is 5.50. The Balaban J connectivity index is 1.84. The van der Waals surface area contributed by atoms with Crippen LogP contribution in [0.3, 0.4) is 0 Å². The highest BCUT2D eigenvalue weighted by molar-refractivity contribution is 7.10. The first-order valence-corrected chi connectivity index (χ1v) is 9.75. The van der Waals surface area contributed by atoms with Crippen molar-refractivity contribution in [2.45, 2.75) is 13.3 Å². The van der Waals surface area contributed by atoms with E-state index in [1.165, 1.54) is 12.0 Å². The first kappa shape index (κ1) is 18.3. The van der Waals surface area contributed by atoms with E-state index in [0.717, 1.165) is 39.2 Å². The van der Waals surface area contributed by atoms with Gasteiger partial charge in [0.05, 0.1) is 19.9 Å². The van der Waals surface area contributed by atoms with Crippen LogP contribution >= 0.6 is 11.3 Å². The highest BCUT2D eigenvalue weighted by Gasteiger charge is 2.17. The van der Waals surface area contributed by atoms with Gasteiger partial charge in [0.1, 0.15) is 11.4 Å². The number of carbonyl (C=O) groups is 1. The molecule has 0 aliphatic rings. The third-order valence-corrected chi connectivity index (χ3v) is 5.55. The Morgan fingerprint density at radius 2 is 2.04 bits per heavy atom. The average molecular weight is 392 g/mol. The number of H-pyrrole nitrogens is 1. The number of aromatic amines is 1. The molecule has 0 bridgehead atoms. The first-order chi connectivity index (χ1) is 13.6. The summed E-state index contributed by atoms with van der Waals surface area (Å²) in [5, 5.41) is 3.27. The van der Waals surface area contributed by atoms with Crippen LogP contribution in [0.1, 0.15) is 26.6 Å². The molecular weight excluding hydrogens is 372 g/mol. The summed E-state index contributed by atoms with van der Waals surface area (Å²) in [6, 6.07) is 13.6. The van der Waals surface area contributed by atoms with Crippen molar-refractivity contribution in [3.05, 3.63) is 69.7 Å². The topological polar surface area (TPSA) is 64.2 Å². The van der Waals surface area contributed by atoms with Gasteiger partial charge in [0.25, 0.3) is 0 Å². The zero-order valence-corrected chi connectivity index (χ0v) is 16.7. The summed E-state index contributed by atoms with van der Waals surface area (Å²) in [6.45, 7) is 2.10. The lowest BCUT2D eigenvalue weighted by Gasteiger charge is -2.06. The molecule has 3 heterocycles. The zero-order valence-electron chi connectivity index (χ0n) is 15.9. The summed E-state index contributed by atoms with van der Waals surface area (Å²) >= 11 is 1.72. The second-order valence-electron chi connectivity index (χ2n) is 6.52. The van der Waals surface area contributed by atoms with Gasteiger partial charge in [-0.3, -0.25) is 0 Å². The van der Waals surface area contributed by atoms with Crippen LogP contribution in [0.25, 0.3) is 22.2 Å². The molecule has 0 radical (unpaired) electrons. The highest BCUT2D eigenvalue weighted by Crippen LogP contribution is 2.35. The fourth-order valence-electron chi connectivity index (χ4n) is 3.34. The van der Waals surface area contributed by atoms with Crippen LogP contribution < -0.4 is 4.74 Å². The molecule has 142 valence electrons. The number of esters is 1. The van der Waals surface area contributed by atoms with Crippen LogP contribution in [0.4, 0.5) is 0 Å². The second kappa shape index (κ2) is 7.48. The number of hydrogen-bond acceptors (Lipinski definition) is 5. The highest BCUT2D eigenvalue weighted by atomic mass is 32.1. The maximum atomic E-state index is 11.8. The third kappa shape index (κ3) is 3.39. The van der Waals surface area contributed by atoms with Crippen LogP contribution in [-0.4, -0.2) is 30.2 Å². The van der Waals surface area contributed by atoms with Gasteiger partial charge in [-0.05, 0) is 42.8 Å². The largest absolute Gasteiger partial charge is 0.497 e. The molecule has 28 heavy (non-hydrogen) atoms. The first-order valence-electron chi connectivity index (χ1n) is 8.87. The van der Waals surface area contributed by atoms with Gasteiger partial charge in [-0.25, -0.2) is 9.78 Å². The van der Waals surface area contributed by atoms with E-state index in [2.05, 4.69) is 34.4 Å². The lowest BCUT2D eigenvalue weighted by Crippen LogP contribution is -2.06. The molecule has 1 aromatic carbocycles. The van der Waals surface area contributed by atoms with Crippen molar-refractivity contribution in [2.75, 3.05) is 14.2 Å². The molecule has 0 spiro atoms. The Morgan fingerprint density at radius 3 is 2.75 bits per heavy atom. The quantitative estimate of drug-likeness (QED) is 0.486. The number of fused-ring (bicyclic) bond motifs is 1. The van der Waals surface area contributed by atoms with Gasteiger partial charge in [-0.1, -0.05) is 6.07 Å². The average Bonchev–Trinajstić information content (AvgIpc) is 3.30. The molecule has 0 unspecified atom stereocenters. The number of nitrogens with zero attached hydrogens (tertiary/aromatic N) is 1. The van der Waals surface area contributed by atoms with Crippen LogP contribution in [0.15, 0.2) is 47.8 Å². The molecule has 0 aliphatic heterocycles. The number of thiophene rings is 1. The monoisotopic (exact) mass is 392 g/mol. The Kier molecular flexibility index (Phi) is 4.88. The minimum Gasteiger partial charge on any atom is -0.497 e. The second-order valence-corrected chi connectivity index (χ2v) is 7.63. The zero-order chi connectivity index (χ0) is 19.7. The van der Waals surface area contributed by atoms with Crippen molar-refractivity contribution in [3.8, 4) is 17.0 Å². The Labute approximate surface area is 167 Å². The normalized spacial score (nSPS) is 11.0. The fraction of sp³-hybridized carbons (Fsp3) is 0.182. The molecule has 0 fully saturated rings. The molecule has 3 aromatic heterocycles. The summed E-state index contributed by atoms with van der Waals surface area (Å²) in [4.78, 5) is 21.1. The van der Waals surface area contributed by atoms with E-state index in [1.807, 2.05) is 24.3 Å². The molecular formula is C22H20N2O3S. The lowest BCUT2D eigenvalue weighted by molar-refractivity contribution is 0.0593. The van der Waals surface area contributed by atoms with Gasteiger partial charge in [-0.15, -0.1) is 11.3 Å². The standard InChI is InChI=1S/C22H20N2O3S/c1-13-9-14(12-28-13)21-18(17-8-7-16(26-2)11-20(17)24-21)10-15-5-4-6-19(23-15)22(25)27-3/h4-9,11-12,24H,10H2,1-3H3. The number of carbonyl (C=O) groups excluding carboxylic acids is 1. The van der Waals surface area contributed by atoms with Crippen molar-refractivity contribution in [1.82, 2.24) is 9.97 Å². The van der Waals surface area contributed by atoms with Gasteiger partial charge in [0, 0.05) is 44.9 Å². The SMILES string of the molecule is COC(=O)c1cccc(Cc2c(-c3csc(C)c3)[nH]c3cc(OC)ccc23)n1. The number of nitrogens with one attached hydrogen (secondary N) is 1. The smallest absolute Gasteiger partial charge is 0.356 e. The summed E-state index contributed by atoms with van der Waals surface area (Å²) in [5.74, 6) is 0.373. The summed E-state index contributed by atoms with van der Waals surface area (Å²) < 4.78 is 10.2. The van der Waals surface area contributed by atoms with E-state index in [-0.39, 0.29) is 0 Å². The number of ether oxygens (including phenoxy) is 2. The van der Waals surface area contributed by atoms with E-state index < -0.39 is 5.97 Å². The fourth-order valence-corrected chi connectivity index (χ4v) is 4.04. The molecule has 0 aliphatic carbocycles. The van der Waals surface area contributed by atoms with Gasteiger partial charge in [0.15, 0.2) is 0 Å². The van der Waals surface area contributed by atoms with Crippen LogP contribution in [0.5, 0.6) is 5.75 Å². The van der Waals surface area contributed by atoms with Gasteiger partial charge >= 0.3 is 5.97 Å². The molecule has 5 nitrogen and oxygen atoms in total. The molecule has 0 saturated heterocycles. The third-order valence-electron chi connectivity index (χ3n) is 4.69. The van der Waals surface area contributed by atoms with Crippen LogP contribution in [-0.2, 0) is 11.2 Å². The van der Waals surface area contributed by atoms with Crippen molar-refractivity contribution < 1.29 is 14.3 Å². The Bertz CT molecular complexity index is 1160. The molecule has 4 aromatic rings. The molecule has 0 amide bonds. The lowest BCUT2D eigenvalue weighted by atomic mass is 10.0. The van der Waals surface area contributed by atoms with Gasteiger partial charge < -0.3 is 14.5 Å². The number of pyridine rings is 1. The maximum absolute atomic E-state index is 11.8. The summed E-state index contributed by atoms with van der Waals surface area (Å²) in [7, 11) is 3.02. The number of rotatable bonds is 5.